The summed E-state index contributed by atoms with van der Waals surface area (Å²) in [6, 6.07) is 1.90. The predicted octanol–water partition coefficient (Wildman–Crippen LogP) is 6.02. The van der Waals surface area contributed by atoms with Crippen molar-refractivity contribution in [3.05, 3.63) is 27.8 Å². The molecule has 0 atom stereocenters. The SMILES string of the molecule is CCCCCCCCCc1cc(OC)c(CCCCCCCC=O)c(=O)o1. The van der Waals surface area contributed by atoms with E-state index in [2.05, 4.69) is 6.92 Å². The lowest BCUT2D eigenvalue weighted by Crippen LogP contribution is -2.11. The monoisotopic (exact) mass is 378 g/mol. The molecule has 0 saturated heterocycles. The van der Waals surface area contributed by atoms with E-state index in [0.717, 1.165) is 57.0 Å². The van der Waals surface area contributed by atoms with Gasteiger partial charge in [-0.15, -0.1) is 0 Å². The lowest BCUT2D eigenvalue weighted by Gasteiger charge is -2.09. The molecule has 0 amide bonds. The Morgan fingerprint density at radius 2 is 1.48 bits per heavy atom. The van der Waals surface area contributed by atoms with Gasteiger partial charge in [-0.3, -0.25) is 0 Å². The number of methoxy groups -OCH3 is 1. The molecule has 154 valence electrons. The fourth-order valence-electron chi connectivity index (χ4n) is 3.39. The number of hydrogen-bond acceptors (Lipinski definition) is 4. The third-order valence-corrected chi connectivity index (χ3v) is 5.06. The summed E-state index contributed by atoms with van der Waals surface area (Å²) in [5.41, 5.74) is 0.418. The lowest BCUT2D eigenvalue weighted by molar-refractivity contribution is -0.107. The number of aldehydes is 1. The van der Waals surface area contributed by atoms with Crippen LogP contribution < -0.4 is 10.4 Å². The highest BCUT2D eigenvalue weighted by molar-refractivity contribution is 5.48. The van der Waals surface area contributed by atoms with Crippen LogP contribution in [0.2, 0.25) is 0 Å². The Morgan fingerprint density at radius 1 is 0.889 bits per heavy atom. The zero-order valence-corrected chi connectivity index (χ0v) is 17.4. The van der Waals surface area contributed by atoms with Crippen LogP contribution in [0.3, 0.4) is 0 Å². The molecule has 0 aliphatic heterocycles. The molecule has 0 bridgehead atoms. The molecule has 1 heterocycles. The minimum absolute atomic E-state index is 0.242. The standard InChI is InChI=1S/C23H38O4/c1-3-4-5-6-7-10-13-16-20-19-22(26-2)21(23(25)27-20)17-14-11-8-9-12-15-18-24/h18-19H,3-17H2,1-2H3. The summed E-state index contributed by atoms with van der Waals surface area (Å²) >= 11 is 0. The first kappa shape index (κ1) is 23.5. The maximum Gasteiger partial charge on any atom is 0.342 e. The van der Waals surface area contributed by atoms with Crippen LogP contribution in [0.4, 0.5) is 0 Å². The molecule has 0 unspecified atom stereocenters. The second-order valence-corrected chi connectivity index (χ2v) is 7.39. The molecule has 0 aliphatic carbocycles. The van der Waals surface area contributed by atoms with Crippen molar-refractivity contribution in [1.29, 1.82) is 0 Å². The summed E-state index contributed by atoms with van der Waals surface area (Å²) in [6.45, 7) is 2.23. The summed E-state index contributed by atoms with van der Waals surface area (Å²) in [7, 11) is 1.62. The van der Waals surface area contributed by atoms with Crippen LogP contribution in [0.5, 0.6) is 5.75 Å². The first-order valence-corrected chi connectivity index (χ1v) is 10.9. The van der Waals surface area contributed by atoms with Crippen LogP contribution in [0.25, 0.3) is 0 Å². The van der Waals surface area contributed by atoms with Gasteiger partial charge < -0.3 is 13.9 Å². The highest BCUT2D eigenvalue weighted by Crippen LogP contribution is 2.21. The van der Waals surface area contributed by atoms with E-state index in [1.54, 1.807) is 7.11 Å². The Balaban J connectivity index is 2.38. The fraction of sp³-hybridized carbons (Fsp3) is 0.739. The number of hydrogen-bond donors (Lipinski definition) is 0. The summed E-state index contributed by atoms with van der Waals surface area (Å²) in [5.74, 6) is 1.41. The van der Waals surface area contributed by atoms with Gasteiger partial charge in [0, 0.05) is 18.9 Å². The van der Waals surface area contributed by atoms with Gasteiger partial charge in [-0.25, -0.2) is 4.79 Å². The van der Waals surface area contributed by atoms with E-state index >= 15 is 0 Å². The van der Waals surface area contributed by atoms with Gasteiger partial charge >= 0.3 is 5.63 Å². The minimum Gasteiger partial charge on any atom is -0.496 e. The van der Waals surface area contributed by atoms with Crippen LogP contribution in [0.1, 0.15) is 102 Å². The van der Waals surface area contributed by atoms with Crippen LogP contribution in [-0.4, -0.2) is 13.4 Å². The maximum atomic E-state index is 12.3. The van der Waals surface area contributed by atoms with Gasteiger partial charge in [0.05, 0.1) is 12.7 Å². The first-order chi connectivity index (χ1) is 13.2. The van der Waals surface area contributed by atoms with E-state index in [1.807, 2.05) is 6.07 Å². The molecule has 0 fully saturated rings. The van der Waals surface area contributed by atoms with E-state index < -0.39 is 0 Å². The van der Waals surface area contributed by atoms with E-state index in [-0.39, 0.29) is 5.63 Å². The Bertz CT molecular complexity index is 562. The van der Waals surface area contributed by atoms with Crippen molar-refractivity contribution in [1.82, 2.24) is 0 Å². The highest BCUT2D eigenvalue weighted by atomic mass is 16.5. The van der Waals surface area contributed by atoms with Crippen LogP contribution in [0, 0.1) is 0 Å². The molecule has 0 aliphatic rings. The van der Waals surface area contributed by atoms with Gasteiger partial charge in [0.25, 0.3) is 0 Å². The Morgan fingerprint density at radius 3 is 2.11 bits per heavy atom. The van der Waals surface area contributed by atoms with E-state index in [0.29, 0.717) is 24.2 Å². The molecular formula is C23H38O4. The van der Waals surface area contributed by atoms with Crippen LogP contribution >= 0.6 is 0 Å². The molecule has 0 saturated carbocycles. The molecule has 1 aromatic heterocycles. The number of unbranched alkanes of at least 4 members (excludes halogenated alkanes) is 11. The van der Waals surface area contributed by atoms with Crippen molar-refractivity contribution in [2.45, 2.75) is 103 Å². The normalized spacial score (nSPS) is 10.9. The first-order valence-electron chi connectivity index (χ1n) is 10.9. The Kier molecular flexibility index (Phi) is 13.4. The third-order valence-electron chi connectivity index (χ3n) is 5.06. The topological polar surface area (TPSA) is 56.5 Å². The summed E-state index contributed by atoms with van der Waals surface area (Å²) in [5, 5.41) is 0. The van der Waals surface area contributed by atoms with Crippen LogP contribution in [-0.2, 0) is 17.6 Å². The van der Waals surface area contributed by atoms with Gasteiger partial charge in [0.15, 0.2) is 0 Å². The average molecular weight is 379 g/mol. The van der Waals surface area contributed by atoms with Crippen molar-refractivity contribution in [2.24, 2.45) is 0 Å². The van der Waals surface area contributed by atoms with Crippen molar-refractivity contribution in [3.8, 4) is 5.75 Å². The molecule has 0 spiro atoms. The van der Waals surface area contributed by atoms with Crippen molar-refractivity contribution < 1.29 is 13.9 Å². The largest absolute Gasteiger partial charge is 0.496 e. The molecule has 27 heavy (non-hydrogen) atoms. The zero-order valence-electron chi connectivity index (χ0n) is 17.4. The van der Waals surface area contributed by atoms with E-state index in [1.165, 1.54) is 38.5 Å². The molecule has 4 heteroatoms. The summed E-state index contributed by atoms with van der Waals surface area (Å²) in [4.78, 5) is 22.6. The number of carbonyl (C=O) groups is 1. The molecular weight excluding hydrogens is 340 g/mol. The summed E-state index contributed by atoms with van der Waals surface area (Å²) in [6.07, 6.45) is 17.0. The predicted molar refractivity (Wildman–Crippen MR) is 111 cm³/mol. The van der Waals surface area contributed by atoms with Gasteiger partial charge in [-0.05, 0) is 25.7 Å². The summed E-state index contributed by atoms with van der Waals surface area (Å²) < 4.78 is 11.0. The number of rotatable bonds is 17. The van der Waals surface area contributed by atoms with E-state index in [4.69, 9.17) is 9.15 Å². The van der Waals surface area contributed by atoms with Crippen molar-refractivity contribution >= 4 is 6.29 Å². The second kappa shape index (κ2) is 15.5. The highest BCUT2D eigenvalue weighted by Gasteiger charge is 2.12. The molecule has 1 rings (SSSR count). The number of carbonyl (C=O) groups excluding carboxylic acids is 1. The Hall–Kier alpha value is -1.58. The number of ether oxygens (including phenoxy) is 1. The van der Waals surface area contributed by atoms with Crippen molar-refractivity contribution in [3.63, 3.8) is 0 Å². The number of aryl methyl sites for hydroxylation is 1. The Labute approximate surface area is 164 Å². The van der Waals surface area contributed by atoms with Gasteiger partial charge in [0.1, 0.15) is 17.8 Å². The quantitative estimate of drug-likeness (QED) is 0.245. The molecule has 0 N–H and O–H groups in total. The third kappa shape index (κ3) is 10.4. The minimum atomic E-state index is -0.242. The molecule has 0 aromatic carbocycles. The van der Waals surface area contributed by atoms with E-state index in [9.17, 15) is 9.59 Å². The molecule has 0 radical (unpaired) electrons. The lowest BCUT2D eigenvalue weighted by atomic mass is 10.0. The second-order valence-electron chi connectivity index (χ2n) is 7.39. The van der Waals surface area contributed by atoms with Crippen LogP contribution in [0.15, 0.2) is 15.3 Å². The zero-order chi connectivity index (χ0) is 19.7. The van der Waals surface area contributed by atoms with Crippen molar-refractivity contribution in [2.75, 3.05) is 7.11 Å². The fourth-order valence-corrected chi connectivity index (χ4v) is 3.39. The molecule has 4 nitrogen and oxygen atoms in total. The van der Waals surface area contributed by atoms with Gasteiger partial charge in [-0.2, -0.15) is 0 Å². The molecule has 1 aromatic rings. The average Bonchev–Trinajstić information content (AvgIpc) is 2.67. The maximum absolute atomic E-state index is 12.3. The smallest absolute Gasteiger partial charge is 0.342 e. The van der Waals surface area contributed by atoms with Gasteiger partial charge in [-0.1, -0.05) is 64.7 Å². The van der Waals surface area contributed by atoms with Gasteiger partial charge in [0.2, 0.25) is 0 Å².